The van der Waals surface area contributed by atoms with Crippen LogP contribution in [0.25, 0.3) is 22.5 Å². The summed E-state index contributed by atoms with van der Waals surface area (Å²) in [6.07, 6.45) is 3.84. The van der Waals surface area contributed by atoms with Crippen LogP contribution in [0.1, 0.15) is 17.0 Å². The van der Waals surface area contributed by atoms with Crippen LogP contribution in [0.5, 0.6) is 0 Å². The lowest BCUT2D eigenvalue weighted by molar-refractivity contribution is 0.625. The van der Waals surface area contributed by atoms with E-state index in [4.69, 9.17) is 16.7 Å². The van der Waals surface area contributed by atoms with E-state index in [-0.39, 0.29) is 5.82 Å². The molecule has 0 unspecified atom stereocenters. The molecule has 0 radical (unpaired) electrons. The van der Waals surface area contributed by atoms with Crippen molar-refractivity contribution in [3.05, 3.63) is 64.5 Å². The second-order valence-corrected chi connectivity index (χ2v) is 7.28. The Bertz CT molecular complexity index is 1150. The van der Waals surface area contributed by atoms with Crippen LogP contribution < -0.4 is 0 Å². The van der Waals surface area contributed by atoms with E-state index in [1.54, 1.807) is 21.5 Å². The second-order valence-electron chi connectivity index (χ2n) is 6.90. The van der Waals surface area contributed by atoms with Crippen LogP contribution >= 0.6 is 11.6 Å². The first-order valence-electron chi connectivity index (χ1n) is 8.85. The summed E-state index contributed by atoms with van der Waals surface area (Å²) in [6, 6.07) is 6.39. The average molecular weight is 399 g/mol. The summed E-state index contributed by atoms with van der Waals surface area (Å²) in [7, 11) is 3.74. The van der Waals surface area contributed by atoms with E-state index >= 15 is 0 Å². The molecular formula is C20H20ClFN6. The number of hydrogen-bond acceptors (Lipinski definition) is 3. The van der Waals surface area contributed by atoms with Gasteiger partial charge in [-0.05, 0) is 31.5 Å². The highest BCUT2D eigenvalue weighted by Gasteiger charge is 2.24. The first-order chi connectivity index (χ1) is 13.3. The van der Waals surface area contributed by atoms with Gasteiger partial charge in [-0.1, -0.05) is 23.7 Å². The first-order valence-corrected chi connectivity index (χ1v) is 9.23. The Labute approximate surface area is 167 Å². The highest BCUT2D eigenvalue weighted by atomic mass is 35.5. The van der Waals surface area contributed by atoms with Gasteiger partial charge in [-0.25, -0.2) is 4.39 Å². The van der Waals surface area contributed by atoms with E-state index < -0.39 is 0 Å². The van der Waals surface area contributed by atoms with Gasteiger partial charge in [0.1, 0.15) is 11.5 Å². The summed E-state index contributed by atoms with van der Waals surface area (Å²) in [6.45, 7) is 4.33. The number of nitrogens with zero attached hydrogens (tertiary/aromatic N) is 6. The zero-order valence-electron chi connectivity index (χ0n) is 16.1. The monoisotopic (exact) mass is 398 g/mol. The van der Waals surface area contributed by atoms with E-state index in [1.807, 2.05) is 45.0 Å². The molecular weight excluding hydrogens is 379 g/mol. The van der Waals surface area contributed by atoms with Crippen LogP contribution in [-0.4, -0.2) is 29.3 Å². The molecule has 0 aliphatic heterocycles. The minimum atomic E-state index is -0.266. The standard InChI is InChI=1S/C20H20ClFN6/c1-12-16(10-26(3)23-12)19-18(21)20(17-11-27(4)24-13(17)2)28(25-19)9-14-5-7-15(22)8-6-14/h5-8,10-11H,9H2,1-4H3. The third-order valence-corrected chi connectivity index (χ3v) is 5.04. The molecule has 1 aromatic carbocycles. The molecule has 0 atom stereocenters. The smallest absolute Gasteiger partial charge is 0.123 e. The van der Waals surface area contributed by atoms with Crippen LogP contribution in [0.3, 0.4) is 0 Å². The van der Waals surface area contributed by atoms with E-state index in [0.717, 1.165) is 33.8 Å². The van der Waals surface area contributed by atoms with Gasteiger partial charge in [0.05, 0.1) is 28.6 Å². The molecule has 8 heteroatoms. The molecule has 0 bridgehead atoms. The highest BCUT2D eigenvalue weighted by molar-refractivity contribution is 6.35. The van der Waals surface area contributed by atoms with E-state index in [9.17, 15) is 4.39 Å². The fraction of sp³-hybridized carbons (Fsp3) is 0.250. The largest absolute Gasteiger partial charge is 0.275 e. The van der Waals surface area contributed by atoms with Crippen molar-refractivity contribution >= 4 is 11.6 Å². The molecule has 6 nitrogen and oxygen atoms in total. The molecule has 28 heavy (non-hydrogen) atoms. The lowest BCUT2D eigenvalue weighted by Gasteiger charge is -2.07. The average Bonchev–Trinajstić information content (AvgIpc) is 3.24. The molecule has 0 aliphatic carbocycles. The van der Waals surface area contributed by atoms with Crippen molar-refractivity contribution in [3.8, 4) is 22.5 Å². The van der Waals surface area contributed by atoms with Gasteiger partial charge in [-0.15, -0.1) is 0 Å². The SMILES string of the molecule is Cc1nn(C)cc1-c1nn(Cc2ccc(F)cc2)c(-c2cn(C)nc2C)c1Cl. The molecule has 0 fully saturated rings. The van der Waals surface area contributed by atoms with Gasteiger partial charge < -0.3 is 0 Å². The topological polar surface area (TPSA) is 53.5 Å². The minimum Gasteiger partial charge on any atom is -0.275 e. The van der Waals surface area contributed by atoms with Crippen molar-refractivity contribution in [2.24, 2.45) is 14.1 Å². The Morgan fingerprint density at radius 2 is 1.46 bits per heavy atom. The van der Waals surface area contributed by atoms with Crippen molar-refractivity contribution in [1.29, 1.82) is 0 Å². The molecule has 0 saturated carbocycles. The number of hydrogen-bond donors (Lipinski definition) is 0. The number of aromatic nitrogens is 6. The van der Waals surface area contributed by atoms with Gasteiger partial charge in [-0.2, -0.15) is 15.3 Å². The molecule has 4 rings (SSSR count). The zero-order valence-corrected chi connectivity index (χ0v) is 16.9. The molecule has 0 amide bonds. The number of benzene rings is 1. The third kappa shape index (κ3) is 3.22. The summed E-state index contributed by atoms with van der Waals surface area (Å²) >= 11 is 6.84. The molecule has 0 N–H and O–H groups in total. The molecule has 3 aromatic heterocycles. The van der Waals surface area contributed by atoms with Crippen LogP contribution in [0.2, 0.25) is 5.02 Å². The maximum absolute atomic E-state index is 13.3. The predicted molar refractivity (Wildman–Crippen MR) is 107 cm³/mol. The van der Waals surface area contributed by atoms with Crippen LogP contribution in [0.15, 0.2) is 36.7 Å². The maximum Gasteiger partial charge on any atom is 0.123 e. The predicted octanol–water partition coefficient (Wildman–Crippen LogP) is 4.14. The van der Waals surface area contributed by atoms with E-state index in [1.165, 1.54) is 12.1 Å². The van der Waals surface area contributed by atoms with Crippen LogP contribution in [0.4, 0.5) is 4.39 Å². The van der Waals surface area contributed by atoms with Crippen molar-refractivity contribution < 1.29 is 4.39 Å². The Morgan fingerprint density at radius 3 is 2.00 bits per heavy atom. The summed E-state index contributed by atoms with van der Waals surface area (Å²) in [5, 5.41) is 14.2. The van der Waals surface area contributed by atoms with Gasteiger partial charge >= 0.3 is 0 Å². The molecule has 3 heterocycles. The molecule has 0 aliphatic rings. The van der Waals surface area contributed by atoms with Gasteiger partial charge in [0.2, 0.25) is 0 Å². The van der Waals surface area contributed by atoms with Crippen molar-refractivity contribution in [3.63, 3.8) is 0 Å². The van der Waals surface area contributed by atoms with Gasteiger partial charge in [0.15, 0.2) is 0 Å². The van der Waals surface area contributed by atoms with Crippen molar-refractivity contribution in [2.45, 2.75) is 20.4 Å². The van der Waals surface area contributed by atoms with Gasteiger partial charge in [0.25, 0.3) is 0 Å². The van der Waals surface area contributed by atoms with Crippen LogP contribution in [0, 0.1) is 19.7 Å². The highest BCUT2D eigenvalue weighted by Crippen LogP contribution is 2.38. The molecule has 0 spiro atoms. The first kappa shape index (κ1) is 18.4. The number of aryl methyl sites for hydroxylation is 4. The Balaban J connectivity index is 1.90. The van der Waals surface area contributed by atoms with E-state index in [2.05, 4.69) is 10.2 Å². The molecule has 0 saturated heterocycles. The lowest BCUT2D eigenvalue weighted by Crippen LogP contribution is -2.04. The summed E-state index contributed by atoms with van der Waals surface area (Å²) < 4.78 is 18.6. The molecule has 144 valence electrons. The quantitative estimate of drug-likeness (QED) is 0.519. The fourth-order valence-electron chi connectivity index (χ4n) is 3.41. The Morgan fingerprint density at radius 1 is 0.893 bits per heavy atom. The zero-order chi connectivity index (χ0) is 20.0. The normalized spacial score (nSPS) is 11.4. The fourth-order valence-corrected chi connectivity index (χ4v) is 3.75. The van der Waals surface area contributed by atoms with Crippen molar-refractivity contribution in [2.75, 3.05) is 0 Å². The van der Waals surface area contributed by atoms with Gasteiger partial charge in [-0.3, -0.25) is 14.0 Å². The number of rotatable bonds is 4. The molecule has 4 aromatic rings. The minimum absolute atomic E-state index is 0.266. The van der Waals surface area contributed by atoms with Crippen LogP contribution in [-0.2, 0) is 20.6 Å². The number of halogens is 2. The van der Waals surface area contributed by atoms with E-state index in [0.29, 0.717) is 17.3 Å². The third-order valence-electron chi connectivity index (χ3n) is 4.68. The second kappa shape index (κ2) is 6.91. The Hall–Kier alpha value is -2.93. The summed E-state index contributed by atoms with van der Waals surface area (Å²) in [5.74, 6) is -0.266. The van der Waals surface area contributed by atoms with Crippen molar-refractivity contribution in [1.82, 2.24) is 29.3 Å². The van der Waals surface area contributed by atoms with Gasteiger partial charge in [0, 0.05) is 37.6 Å². The lowest BCUT2D eigenvalue weighted by atomic mass is 10.1. The Kier molecular flexibility index (Phi) is 4.55. The summed E-state index contributed by atoms with van der Waals surface area (Å²) in [5.41, 5.74) is 5.90. The maximum atomic E-state index is 13.3. The summed E-state index contributed by atoms with van der Waals surface area (Å²) in [4.78, 5) is 0.